The zero-order valence-electron chi connectivity index (χ0n) is 8.84. The third-order valence-electron chi connectivity index (χ3n) is 2.02. The molecule has 0 aliphatic heterocycles. The van der Waals surface area contributed by atoms with Crippen LogP contribution in [0.15, 0.2) is 6.07 Å². The van der Waals surface area contributed by atoms with E-state index in [0.717, 1.165) is 10.7 Å². The number of halogens is 3. The quantitative estimate of drug-likeness (QED) is 0.749. The summed E-state index contributed by atoms with van der Waals surface area (Å²) in [6.07, 6.45) is -4.13. The molecule has 0 radical (unpaired) electrons. The summed E-state index contributed by atoms with van der Waals surface area (Å²) in [6, 6.07) is 0.933. The van der Waals surface area contributed by atoms with Crippen LogP contribution in [-0.4, -0.2) is 22.9 Å². The molecule has 7 heteroatoms. The number of hydrogen-bond donors (Lipinski definition) is 0. The zero-order valence-corrected chi connectivity index (χ0v) is 8.84. The van der Waals surface area contributed by atoms with Gasteiger partial charge in [0.25, 0.3) is 0 Å². The molecule has 0 atom stereocenters. The van der Waals surface area contributed by atoms with Crippen molar-refractivity contribution >= 4 is 5.97 Å². The molecule has 0 amide bonds. The van der Waals surface area contributed by atoms with Gasteiger partial charge < -0.3 is 4.74 Å². The Balaban J connectivity index is 3.00. The van der Waals surface area contributed by atoms with Crippen molar-refractivity contribution in [3.63, 3.8) is 0 Å². The summed E-state index contributed by atoms with van der Waals surface area (Å²) in [6.45, 7) is 1.38. The lowest BCUT2D eigenvalue weighted by atomic mass is 10.3. The van der Waals surface area contributed by atoms with Crippen molar-refractivity contribution in [2.45, 2.75) is 26.1 Å². The van der Waals surface area contributed by atoms with Crippen LogP contribution in [0.4, 0.5) is 13.2 Å². The minimum atomic E-state index is -4.49. The van der Waals surface area contributed by atoms with Crippen molar-refractivity contribution in [3.8, 4) is 0 Å². The summed E-state index contributed by atoms with van der Waals surface area (Å²) in [5, 5.41) is 3.33. The summed E-state index contributed by atoms with van der Waals surface area (Å²) >= 11 is 0. The third kappa shape index (κ3) is 2.74. The monoisotopic (exact) mass is 236 g/mol. The molecule has 16 heavy (non-hydrogen) atoms. The number of carbonyl (C=O) groups is 1. The second kappa shape index (κ2) is 4.54. The first-order valence-electron chi connectivity index (χ1n) is 4.59. The van der Waals surface area contributed by atoms with E-state index < -0.39 is 17.8 Å². The number of methoxy groups -OCH3 is 1. The first kappa shape index (κ1) is 12.5. The first-order chi connectivity index (χ1) is 7.38. The molecule has 0 unspecified atom stereocenters. The maximum Gasteiger partial charge on any atom is 0.435 e. The molecule has 0 aliphatic rings. The highest BCUT2D eigenvalue weighted by Gasteiger charge is 2.34. The van der Waals surface area contributed by atoms with Gasteiger partial charge in [-0.1, -0.05) is 6.92 Å². The predicted molar refractivity (Wildman–Crippen MR) is 48.6 cm³/mol. The number of alkyl halides is 3. The van der Waals surface area contributed by atoms with Gasteiger partial charge in [-0.3, -0.25) is 9.48 Å². The molecule has 0 saturated heterocycles. The van der Waals surface area contributed by atoms with Gasteiger partial charge in [-0.15, -0.1) is 0 Å². The standard InChI is InChI=1S/C9H11F3N2O2/c1-3-6-4-7(9(10,11)12)13-14(6)5-8(15)16-2/h4H,3,5H2,1-2H3. The predicted octanol–water partition coefficient (Wildman–Crippen LogP) is 1.64. The molecular weight excluding hydrogens is 225 g/mol. The SMILES string of the molecule is CCc1cc(C(F)(F)F)nn1CC(=O)OC. The number of aryl methyl sites for hydroxylation is 1. The van der Waals surface area contributed by atoms with E-state index in [1.54, 1.807) is 6.92 Å². The molecular formula is C9H11F3N2O2. The number of hydrogen-bond acceptors (Lipinski definition) is 3. The molecule has 90 valence electrons. The maximum atomic E-state index is 12.3. The zero-order chi connectivity index (χ0) is 12.3. The molecule has 1 heterocycles. The van der Waals surface area contributed by atoms with Gasteiger partial charge in [0.05, 0.1) is 7.11 Å². The Morgan fingerprint density at radius 2 is 2.19 bits per heavy atom. The largest absolute Gasteiger partial charge is 0.468 e. The van der Waals surface area contributed by atoms with Crippen LogP contribution in [-0.2, 0) is 28.7 Å². The van der Waals surface area contributed by atoms with Crippen molar-refractivity contribution in [2.24, 2.45) is 0 Å². The minimum Gasteiger partial charge on any atom is -0.468 e. The first-order valence-corrected chi connectivity index (χ1v) is 4.59. The summed E-state index contributed by atoms with van der Waals surface area (Å²) in [4.78, 5) is 10.9. The molecule has 0 N–H and O–H groups in total. The van der Waals surface area contributed by atoms with E-state index in [1.165, 1.54) is 7.11 Å². The Morgan fingerprint density at radius 1 is 1.56 bits per heavy atom. The number of rotatable bonds is 3. The average Bonchev–Trinajstić information content (AvgIpc) is 2.60. The lowest BCUT2D eigenvalue weighted by Crippen LogP contribution is -2.15. The van der Waals surface area contributed by atoms with E-state index in [0.29, 0.717) is 12.1 Å². The number of esters is 1. The van der Waals surface area contributed by atoms with Crippen molar-refractivity contribution in [3.05, 3.63) is 17.5 Å². The van der Waals surface area contributed by atoms with Gasteiger partial charge in [0, 0.05) is 5.69 Å². The van der Waals surface area contributed by atoms with Crippen molar-refractivity contribution in [1.29, 1.82) is 0 Å². The lowest BCUT2D eigenvalue weighted by molar-refractivity contribution is -0.144. The van der Waals surface area contributed by atoms with Gasteiger partial charge in [0.15, 0.2) is 5.69 Å². The second-order valence-corrected chi connectivity index (χ2v) is 3.11. The van der Waals surface area contributed by atoms with Gasteiger partial charge in [-0.2, -0.15) is 18.3 Å². The molecule has 4 nitrogen and oxygen atoms in total. The van der Waals surface area contributed by atoms with Crippen molar-refractivity contribution < 1.29 is 22.7 Å². The molecule has 0 saturated carbocycles. The fourth-order valence-corrected chi connectivity index (χ4v) is 1.20. The van der Waals surface area contributed by atoms with Gasteiger partial charge in [-0.05, 0) is 12.5 Å². The molecule has 0 aliphatic carbocycles. The van der Waals surface area contributed by atoms with Gasteiger partial charge >= 0.3 is 12.1 Å². The van der Waals surface area contributed by atoms with Crippen LogP contribution >= 0.6 is 0 Å². The lowest BCUT2D eigenvalue weighted by Gasteiger charge is -2.03. The van der Waals surface area contributed by atoms with Crippen LogP contribution in [0.5, 0.6) is 0 Å². The minimum absolute atomic E-state index is 0.310. The molecule has 0 aromatic carbocycles. The Kier molecular flexibility index (Phi) is 3.56. The summed E-state index contributed by atoms with van der Waals surface area (Å²) < 4.78 is 42.4. The van der Waals surface area contributed by atoms with E-state index in [9.17, 15) is 18.0 Å². The number of aromatic nitrogens is 2. The number of ether oxygens (including phenoxy) is 1. The highest BCUT2D eigenvalue weighted by Crippen LogP contribution is 2.28. The van der Waals surface area contributed by atoms with Gasteiger partial charge in [-0.25, -0.2) is 0 Å². The molecule has 1 aromatic heterocycles. The Hall–Kier alpha value is -1.53. The van der Waals surface area contributed by atoms with E-state index in [1.807, 2.05) is 0 Å². The van der Waals surface area contributed by atoms with Gasteiger partial charge in [0.1, 0.15) is 6.54 Å². The highest BCUT2D eigenvalue weighted by atomic mass is 19.4. The second-order valence-electron chi connectivity index (χ2n) is 3.11. The van der Waals surface area contributed by atoms with E-state index in [2.05, 4.69) is 9.84 Å². The highest BCUT2D eigenvalue weighted by molar-refractivity contribution is 5.68. The summed E-state index contributed by atoms with van der Waals surface area (Å²) in [5.41, 5.74) is -0.647. The Bertz CT molecular complexity index is 385. The molecule has 1 rings (SSSR count). The van der Waals surface area contributed by atoms with Crippen LogP contribution in [0.2, 0.25) is 0 Å². The topological polar surface area (TPSA) is 44.1 Å². The Labute approximate surface area is 90.0 Å². The van der Waals surface area contributed by atoms with Crippen LogP contribution in [0.25, 0.3) is 0 Å². The van der Waals surface area contributed by atoms with Crippen molar-refractivity contribution in [2.75, 3.05) is 7.11 Å². The molecule has 0 fully saturated rings. The average molecular weight is 236 g/mol. The normalized spacial score (nSPS) is 11.6. The summed E-state index contributed by atoms with van der Waals surface area (Å²) in [7, 11) is 1.17. The fourth-order valence-electron chi connectivity index (χ4n) is 1.20. The number of carbonyl (C=O) groups excluding carboxylic acids is 1. The number of nitrogens with zero attached hydrogens (tertiary/aromatic N) is 2. The third-order valence-corrected chi connectivity index (χ3v) is 2.02. The van der Waals surface area contributed by atoms with E-state index >= 15 is 0 Å². The van der Waals surface area contributed by atoms with Crippen LogP contribution < -0.4 is 0 Å². The van der Waals surface area contributed by atoms with Gasteiger partial charge in [0.2, 0.25) is 0 Å². The summed E-state index contributed by atoms with van der Waals surface area (Å²) in [5.74, 6) is -0.633. The molecule has 1 aromatic rings. The van der Waals surface area contributed by atoms with Crippen molar-refractivity contribution in [1.82, 2.24) is 9.78 Å². The smallest absolute Gasteiger partial charge is 0.435 e. The molecule has 0 bridgehead atoms. The molecule has 0 spiro atoms. The van der Waals surface area contributed by atoms with E-state index in [4.69, 9.17) is 0 Å². The Morgan fingerprint density at radius 3 is 2.62 bits per heavy atom. The van der Waals surface area contributed by atoms with Crippen LogP contribution in [0, 0.1) is 0 Å². The van der Waals surface area contributed by atoms with Crippen LogP contribution in [0.3, 0.4) is 0 Å². The maximum absolute atomic E-state index is 12.3. The van der Waals surface area contributed by atoms with Crippen LogP contribution in [0.1, 0.15) is 18.3 Å². The fraction of sp³-hybridized carbons (Fsp3) is 0.556. The van der Waals surface area contributed by atoms with E-state index in [-0.39, 0.29) is 6.54 Å².